The average Bonchev–Trinajstić information content (AvgIpc) is 2.30. The van der Waals surface area contributed by atoms with Gasteiger partial charge in [-0.1, -0.05) is 0 Å². The van der Waals surface area contributed by atoms with Gasteiger partial charge in [0.1, 0.15) is 5.75 Å². The number of nitrogens with one attached hydrogen (secondary N) is 1. The molecule has 0 aliphatic rings. The number of nitrogens with zero attached hydrogens (tertiary/aromatic N) is 1. The van der Waals surface area contributed by atoms with Crippen molar-refractivity contribution in [1.82, 2.24) is 10.4 Å². The summed E-state index contributed by atoms with van der Waals surface area (Å²) < 4.78 is 10.8. The third-order valence-electron chi connectivity index (χ3n) is 2.77. The van der Waals surface area contributed by atoms with Crippen molar-refractivity contribution in [2.24, 2.45) is 5.84 Å². The molecule has 0 saturated carbocycles. The number of aromatic nitrogens is 1. The van der Waals surface area contributed by atoms with Crippen LogP contribution >= 0.6 is 0 Å². The van der Waals surface area contributed by atoms with Crippen molar-refractivity contribution >= 4 is 0 Å². The summed E-state index contributed by atoms with van der Waals surface area (Å²) in [6.45, 7) is 6.47. The van der Waals surface area contributed by atoms with Crippen LogP contribution in [-0.4, -0.2) is 24.3 Å². The molecule has 1 atom stereocenters. The lowest BCUT2D eigenvalue weighted by Gasteiger charge is -2.32. The summed E-state index contributed by atoms with van der Waals surface area (Å²) in [5, 5.41) is 0. The van der Waals surface area contributed by atoms with Crippen molar-refractivity contribution in [3.63, 3.8) is 0 Å². The molecule has 1 aromatic heterocycles. The summed E-state index contributed by atoms with van der Waals surface area (Å²) >= 11 is 0. The zero-order valence-corrected chi connectivity index (χ0v) is 10.9. The molecule has 17 heavy (non-hydrogen) atoms. The fourth-order valence-corrected chi connectivity index (χ4v) is 1.66. The zero-order chi connectivity index (χ0) is 12.9. The van der Waals surface area contributed by atoms with E-state index in [2.05, 4.69) is 10.4 Å². The number of ether oxygens (including phenoxy) is 2. The van der Waals surface area contributed by atoms with Crippen molar-refractivity contribution in [3.05, 3.63) is 24.0 Å². The van der Waals surface area contributed by atoms with Crippen molar-refractivity contribution in [3.8, 4) is 5.75 Å². The second-order valence-corrected chi connectivity index (χ2v) is 4.29. The number of methoxy groups -OCH3 is 1. The number of hydrazine groups is 1. The number of pyridine rings is 1. The Bertz CT molecular complexity index is 355. The highest BCUT2D eigenvalue weighted by Gasteiger charge is 2.30. The molecule has 0 aliphatic heterocycles. The SMILES string of the molecule is CCOc1cncc(C(NN)C(C)(C)OC)c1. The molecule has 0 aliphatic carbocycles. The van der Waals surface area contributed by atoms with Crippen LogP contribution in [0.25, 0.3) is 0 Å². The number of rotatable bonds is 6. The Morgan fingerprint density at radius 2 is 2.18 bits per heavy atom. The Kier molecular flexibility index (Phi) is 4.86. The van der Waals surface area contributed by atoms with Crippen LogP contribution in [0.3, 0.4) is 0 Å². The third-order valence-corrected chi connectivity index (χ3v) is 2.77. The fourth-order valence-electron chi connectivity index (χ4n) is 1.66. The van der Waals surface area contributed by atoms with E-state index in [1.165, 1.54) is 0 Å². The molecule has 5 nitrogen and oxygen atoms in total. The largest absolute Gasteiger partial charge is 0.492 e. The maximum atomic E-state index is 5.59. The Hall–Kier alpha value is -1.17. The maximum Gasteiger partial charge on any atom is 0.137 e. The normalized spacial score (nSPS) is 13.5. The van der Waals surface area contributed by atoms with Crippen LogP contribution in [0.4, 0.5) is 0 Å². The first-order valence-corrected chi connectivity index (χ1v) is 5.64. The molecule has 0 aromatic carbocycles. The standard InChI is InChI=1S/C12H21N3O2/c1-5-17-10-6-9(7-14-8-10)11(15-13)12(2,3)16-4/h6-8,11,15H,5,13H2,1-4H3. The van der Waals surface area contributed by atoms with E-state index >= 15 is 0 Å². The van der Waals surface area contributed by atoms with Crippen molar-refractivity contribution in [1.29, 1.82) is 0 Å². The Labute approximate surface area is 102 Å². The zero-order valence-electron chi connectivity index (χ0n) is 10.9. The van der Waals surface area contributed by atoms with Crippen LogP contribution in [0, 0.1) is 0 Å². The van der Waals surface area contributed by atoms with Gasteiger partial charge in [0.05, 0.1) is 24.4 Å². The smallest absolute Gasteiger partial charge is 0.137 e. The summed E-state index contributed by atoms with van der Waals surface area (Å²) in [4.78, 5) is 4.14. The van der Waals surface area contributed by atoms with Crippen LogP contribution in [0.2, 0.25) is 0 Å². The van der Waals surface area contributed by atoms with Crippen molar-refractivity contribution < 1.29 is 9.47 Å². The van der Waals surface area contributed by atoms with Gasteiger partial charge in [0.2, 0.25) is 0 Å². The lowest BCUT2D eigenvalue weighted by molar-refractivity contribution is -0.0113. The molecule has 1 rings (SSSR count). The lowest BCUT2D eigenvalue weighted by Crippen LogP contribution is -2.44. The predicted octanol–water partition coefficient (Wildman–Crippen LogP) is 1.41. The topological polar surface area (TPSA) is 69.4 Å². The van der Waals surface area contributed by atoms with Gasteiger partial charge in [-0.3, -0.25) is 16.3 Å². The molecular weight excluding hydrogens is 218 g/mol. The van der Waals surface area contributed by atoms with Gasteiger partial charge in [-0.2, -0.15) is 0 Å². The van der Waals surface area contributed by atoms with E-state index in [0.29, 0.717) is 6.61 Å². The Morgan fingerprint density at radius 1 is 1.47 bits per heavy atom. The second kappa shape index (κ2) is 5.95. The van der Waals surface area contributed by atoms with E-state index in [9.17, 15) is 0 Å². The summed E-state index contributed by atoms with van der Waals surface area (Å²) in [7, 11) is 1.66. The van der Waals surface area contributed by atoms with Crippen molar-refractivity contribution in [2.75, 3.05) is 13.7 Å². The quantitative estimate of drug-likeness (QED) is 0.580. The number of hydrogen-bond donors (Lipinski definition) is 2. The van der Waals surface area contributed by atoms with Gasteiger partial charge in [0.15, 0.2) is 0 Å². The number of hydrogen-bond acceptors (Lipinski definition) is 5. The first-order chi connectivity index (χ1) is 8.05. The molecule has 1 unspecified atom stereocenters. The van der Waals surface area contributed by atoms with Gasteiger partial charge in [0, 0.05) is 13.3 Å². The molecule has 0 amide bonds. The molecule has 0 spiro atoms. The average molecular weight is 239 g/mol. The minimum atomic E-state index is -0.429. The highest BCUT2D eigenvalue weighted by Crippen LogP contribution is 2.28. The summed E-state index contributed by atoms with van der Waals surface area (Å²) in [6.07, 6.45) is 3.44. The van der Waals surface area contributed by atoms with Crippen LogP contribution in [0.15, 0.2) is 18.5 Å². The highest BCUT2D eigenvalue weighted by atomic mass is 16.5. The first-order valence-electron chi connectivity index (χ1n) is 5.64. The van der Waals surface area contributed by atoms with E-state index in [0.717, 1.165) is 11.3 Å². The third kappa shape index (κ3) is 3.39. The summed E-state index contributed by atoms with van der Waals surface area (Å²) in [5.74, 6) is 6.33. The molecule has 0 fully saturated rings. The van der Waals surface area contributed by atoms with Gasteiger partial charge >= 0.3 is 0 Å². The molecule has 1 heterocycles. The highest BCUT2D eigenvalue weighted by molar-refractivity contribution is 5.27. The van der Waals surface area contributed by atoms with Gasteiger partial charge in [-0.15, -0.1) is 0 Å². The Morgan fingerprint density at radius 3 is 2.71 bits per heavy atom. The predicted molar refractivity (Wildman–Crippen MR) is 66.6 cm³/mol. The molecule has 1 aromatic rings. The van der Waals surface area contributed by atoms with Crippen LogP contribution < -0.4 is 16.0 Å². The molecule has 0 bridgehead atoms. The first kappa shape index (κ1) is 13.9. The van der Waals surface area contributed by atoms with Gasteiger partial charge < -0.3 is 9.47 Å². The molecule has 96 valence electrons. The summed E-state index contributed by atoms with van der Waals surface area (Å²) in [5.41, 5.74) is 3.26. The Balaban J connectivity index is 2.99. The van der Waals surface area contributed by atoms with E-state index in [-0.39, 0.29) is 6.04 Å². The lowest BCUT2D eigenvalue weighted by atomic mass is 9.93. The molecule has 5 heteroatoms. The van der Waals surface area contributed by atoms with Crippen LogP contribution in [-0.2, 0) is 4.74 Å². The molecule has 0 saturated heterocycles. The minimum Gasteiger partial charge on any atom is -0.492 e. The van der Waals surface area contributed by atoms with Gasteiger partial charge in [-0.25, -0.2) is 0 Å². The minimum absolute atomic E-state index is 0.152. The number of nitrogens with two attached hydrogens (primary N) is 1. The fraction of sp³-hybridized carbons (Fsp3) is 0.583. The molecule has 3 N–H and O–H groups in total. The summed E-state index contributed by atoms with van der Waals surface area (Å²) in [6, 6.07) is 1.77. The van der Waals surface area contributed by atoms with E-state index in [1.54, 1.807) is 19.5 Å². The monoisotopic (exact) mass is 239 g/mol. The van der Waals surface area contributed by atoms with E-state index in [4.69, 9.17) is 15.3 Å². The van der Waals surface area contributed by atoms with Crippen LogP contribution in [0.5, 0.6) is 5.75 Å². The van der Waals surface area contributed by atoms with Gasteiger partial charge in [-0.05, 0) is 32.4 Å². The van der Waals surface area contributed by atoms with Crippen molar-refractivity contribution in [2.45, 2.75) is 32.4 Å². The van der Waals surface area contributed by atoms with Crippen LogP contribution in [0.1, 0.15) is 32.4 Å². The van der Waals surface area contributed by atoms with Gasteiger partial charge in [0.25, 0.3) is 0 Å². The second-order valence-electron chi connectivity index (χ2n) is 4.29. The maximum absolute atomic E-state index is 5.59. The molecule has 0 radical (unpaired) electrons. The van der Waals surface area contributed by atoms with E-state index in [1.807, 2.05) is 26.8 Å². The van der Waals surface area contributed by atoms with E-state index < -0.39 is 5.60 Å². The molecular formula is C12H21N3O2.